The molecule has 0 amide bonds. The third-order valence-corrected chi connectivity index (χ3v) is 4.66. The Morgan fingerprint density at radius 2 is 1.67 bits per heavy atom. The second-order valence-electron chi connectivity index (χ2n) is 4.84. The second kappa shape index (κ2) is 6.88. The fourth-order valence-electron chi connectivity index (χ4n) is 2.12. The molecule has 0 aliphatic carbocycles. The van der Waals surface area contributed by atoms with E-state index in [1.54, 1.807) is 12.1 Å². The van der Waals surface area contributed by atoms with Crippen LogP contribution in [0.1, 0.15) is 17.3 Å². The van der Waals surface area contributed by atoms with Gasteiger partial charge in [0.25, 0.3) is 10.0 Å². The van der Waals surface area contributed by atoms with Crippen molar-refractivity contribution >= 4 is 21.5 Å². The summed E-state index contributed by atoms with van der Waals surface area (Å²) < 4.78 is 51.4. The summed E-state index contributed by atoms with van der Waals surface area (Å²) in [6.45, 7) is 1.31. The molecule has 0 saturated carbocycles. The molecule has 128 valence electrons. The zero-order valence-electron chi connectivity index (χ0n) is 13.3. The lowest BCUT2D eigenvalue weighted by Crippen LogP contribution is -2.16. The molecule has 0 aliphatic rings. The minimum Gasteiger partial charge on any atom is -0.493 e. The van der Waals surface area contributed by atoms with Gasteiger partial charge in [0.15, 0.2) is 17.3 Å². The molecule has 1 N–H and O–H groups in total. The van der Waals surface area contributed by atoms with Crippen molar-refractivity contribution in [3.05, 3.63) is 47.8 Å². The zero-order valence-corrected chi connectivity index (χ0v) is 14.1. The summed E-state index contributed by atoms with van der Waals surface area (Å²) in [5, 5.41) is 0. The number of ether oxygens (including phenoxy) is 2. The van der Waals surface area contributed by atoms with E-state index >= 15 is 0 Å². The highest BCUT2D eigenvalue weighted by Gasteiger charge is 2.24. The molecule has 0 saturated heterocycles. The highest BCUT2D eigenvalue weighted by atomic mass is 32.2. The van der Waals surface area contributed by atoms with E-state index in [0.29, 0.717) is 0 Å². The minimum atomic E-state index is -4.27. The van der Waals surface area contributed by atoms with E-state index in [-0.39, 0.29) is 28.5 Å². The number of anilines is 1. The lowest BCUT2D eigenvalue weighted by atomic mass is 10.1. The van der Waals surface area contributed by atoms with E-state index in [0.717, 1.165) is 12.1 Å². The maximum Gasteiger partial charge on any atom is 0.264 e. The van der Waals surface area contributed by atoms with Gasteiger partial charge >= 0.3 is 0 Å². The van der Waals surface area contributed by atoms with Gasteiger partial charge in [-0.2, -0.15) is 0 Å². The van der Waals surface area contributed by atoms with Gasteiger partial charge in [0, 0.05) is 17.7 Å². The number of nitrogens with one attached hydrogen (secondary N) is 1. The number of halogens is 1. The van der Waals surface area contributed by atoms with Crippen molar-refractivity contribution in [1.82, 2.24) is 0 Å². The van der Waals surface area contributed by atoms with E-state index in [4.69, 9.17) is 9.47 Å². The van der Waals surface area contributed by atoms with E-state index in [9.17, 15) is 17.6 Å². The maximum atomic E-state index is 14.2. The Balaban J connectivity index is 2.51. The highest BCUT2D eigenvalue weighted by molar-refractivity contribution is 7.92. The Bertz CT molecular complexity index is 880. The van der Waals surface area contributed by atoms with Gasteiger partial charge in [0.05, 0.1) is 19.9 Å². The first kappa shape index (κ1) is 17.7. The van der Waals surface area contributed by atoms with Crippen molar-refractivity contribution < 1.29 is 27.1 Å². The summed E-state index contributed by atoms with van der Waals surface area (Å²) >= 11 is 0. The molecule has 24 heavy (non-hydrogen) atoms. The van der Waals surface area contributed by atoms with Crippen LogP contribution in [0.25, 0.3) is 0 Å². The number of carbonyl (C=O) groups excluding carboxylic acids is 1. The number of Topliss-reactive ketones (excluding diaryl/α,β-unsaturated/α-hetero) is 1. The summed E-state index contributed by atoms with van der Waals surface area (Å²) in [4.78, 5) is 11.0. The molecule has 8 heteroatoms. The molecule has 2 aromatic rings. The number of sulfonamides is 1. The van der Waals surface area contributed by atoms with Gasteiger partial charge in [-0.05, 0) is 19.1 Å². The van der Waals surface area contributed by atoms with E-state index in [1.165, 1.54) is 33.3 Å². The molecule has 0 fully saturated rings. The van der Waals surface area contributed by atoms with Crippen molar-refractivity contribution in [2.24, 2.45) is 0 Å². The Labute approximate surface area is 139 Å². The Morgan fingerprint density at radius 3 is 2.25 bits per heavy atom. The van der Waals surface area contributed by atoms with Gasteiger partial charge in [-0.25, -0.2) is 12.8 Å². The Morgan fingerprint density at radius 1 is 1.08 bits per heavy atom. The number of methoxy groups -OCH3 is 2. The summed E-state index contributed by atoms with van der Waals surface area (Å²) in [7, 11) is -1.65. The summed E-state index contributed by atoms with van der Waals surface area (Å²) in [5.41, 5.74) is 0.251. The van der Waals surface area contributed by atoms with Gasteiger partial charge in [0.1, 0.15) is 10.7 Å². The number of hydrogen-bond acceptors (Lipinski definition) is 5. The molecule has 0 unspecified atom stereocenters. The number of carbonyl (C=O) groups is 1. The highest BCUT2D eigenvalue weighted by Crippen LogP contribution is 2.33. The summed E-state index contributed by atoms with van der Waals surface area (Å²) in [6, 6.07) is 8.01. The van der Waals surface area contributed by atoms with Gasteiger partial charge in [-0.3, -0.25) is 9.52 Å². The Hall–Kier alpha value is -2.61. The second-order valence-corrected chi connectivity index (χ2v) is 6.50. The molecule has 0 spiro atoms. The maximum absolute atomic E-state index is 14.2. The SMILES string of the molecule is COc1cc(F)c(S(=O)(=O)Nc2ccccc2C(C)=O)cc1OC. The van der Waals surface area contributed by atoms with E-state index in [2.05, 4.69) is 4.72 Å². The quantitative estimate of drug-likeness (QED) is 0.808. The third kappa shape index (κ3) is 3.48. The van der Waals surface area contributed by atoms with Crippen LogP contribution in [0.3, 0.4) is 0 Å². The topological polar surface area (TPSA) is 81.7 Å². The van der Waals surface area contributed by atoms with Crippen LogP contribution < -0.4 is 14.2 Å². The zero-order chi connectivity index (χ0) is 17.9. The number of hydrogen-bond donors (Lipinski definition) is 1. The van der Waals surface area contributed by atoms with Crippen molar-refractivity contribution in [2.75, 3.05) is 18.9 Å². The fourth-order valence-corrected chi connectivity index (χ4v) is 3.28. The standard InChI is InChI=1S/C16H16FNO5S/c1-10(19)11-6-4-5-7-13(11)18-24(20,21)16-9-15(23-3)14(22-2)8-12(16)17/h4-9,18H,1-3H3. The van der Waals surface area contributed by atoms with Gasteiger partial charge in [-0.15, -0.1) is 0 Å². The van der Waals surface area contributed by atoms with Crippen molar-refractivity contribution in [1.29, 1.82) is 0 Å². The molecule has 2 rings (SSSR count). The van der Waals surface area contributed by atoms with Crippen LogP contribution >= 0.6 is 0 Å². The summed E-state index contributed by atoms with van der Waals surface area (Å²) in [6.07, 6.45) is 0. The van der Waals surface area contributed by atoms with Crippen molar-refractivity contribution in [3.8, 4) is 11.5 Å². The largest absolute Gasteiger partial charge is 0.493 e. The van der Waals surface area contributed by atoms with Crippen molar-refractivity contribution in [3.63, 3.8) is 0 Å². The number of para-hydroxylation sites is 1. The smallest absolute Gasteiger partial charge is 0.264 e. The molecular formula is C16H16FNO5S. The van der Waals surface area contributed by atoms with Crippen LogP contribution in [0.5, 0.6) is 11.5 Å². The van der Waals surface area contributed by atoms with E-state index < -0.39 is 20.7 Å². The molecule has 0 bridgehead atoms. The number of benzene rings is 2. The lowest BCUT2D eigenvalue weighted by molar-refractivity contribution is 0.101. The molecule has 0 heterocycles. The predicted molar refractivity (Wildman–Crippen MR) is 86.8 cm³/mol. The summed E-state index contributed by atoms with van der Waals surface area (Å²) in [5.74, 6) is -1.18. The fraction of sp³-hybridized carbons (Fsp3) is 0.188. The first-order chi connectivity index (χ1) is 11.3. The lowest BCUT2D eigenvalue weighted by Gasteiger charge is -2.14. The molecule has 6 nitrogen and oxygen atoms in total. The van der Waals surface area contributed by atoms with Gasteiger partial charge in [-0.1, -0.05) is 12.1 Å². The number of rotatable bonds is 6. The van der Waals surface area contributed by atoms with Gasteiger partial charge in [0.2, 0.25) is 0 Å². The normalized spacial score (nSPS) is 11.0. The Kier molecular flexibility index (Phi) is 5.08. The molecule has 0 aromatic heterocycles. The molecule has 0 radical (unpaired) electrons. The first-order valence-corrected chi connectivity index (χ1v) is 8.32. The van der Waals surface area contributed by atoms with E-state index in [1.807, 2.05) is 0 Å². The average molecular weight is 353 g/mol. The molecule has 0 aliphatic heterocycles. The predicted octanol–water partition coefficient (Wildman–Crippen LogP) is 2.85. The average Bonchev–Trinajstić information content (AvgIpc) is 2.54. The van der Waals surface area contributed by atoms with Crippen LogP contribution in [0.4, 0.5) is 10.1 Å². The van der Waals surface area contributed by atoms with Crippen molar-refractivity contribution in [2.45, 2.75) is 11.8 Å². The molecule has 0 atom stereocenters. The van der Waals surface area contributed by atoms with Crippen LogP contribution in [-0.2, 0) is 10.0 Å². The monoisotopic (exact) mass is 353 g/mol. The van der Waals surface area contributed by atoms with Crippen LogP contribution in [0.15, 0.2) is 41.3 Å². The first-order valence-electron chi connectivity index (χ1n) is 6.84. The minimum absolute atomic E-state index is 0.0677. The van der Waals surface area contributed by atoms with Gasteiger partial charge < -0.3 is 9.47 Å². The van der Waals surface area contributed by atoms with Crippen LogP contribution in [0, 0.1) is 5.82 Å². The number of ketones is 1. The van der Waals surface area contributed by atoms with Crippen LogP contribution in [-0.4, -0.2) is 28.4 Å². The molecule has 2 aromatic carbocycles. The third-order valence-electron chi connectivity index (χ3n) is 3.28. The molecular weight excluding hydrogens is 337 g/mol. The van der Waals surface area contributed by atoms with Crippen LogP contribution in [0.2, 0.25) is 0 Å².